The van der Waals surface area contributed by atoms with Crippen LogP contribution in [0.25, 0.3) is 22.6 Å². The van der Waals surface area contributed by atoms with Crippen molar-refractivity contribution in [3.05, 3.63) is 55.0 Å². The van der Waals surface area contributed by atoms with Crippen LogP contribution in [0.5, 0.6) is 0 Å². The van der Waals surface area contributed by atoms with Crippen molar-refractivity contribution in [1.82, 2.24) is 15.0 Å². The number of rotatable bonds is 2. The van der Waals surface area contributed by atoms with Crippen LogP contribution in [0.3, 0.4) is 0 Å². The first-order valence-electron chi connectivity index (χ1n) is 5.17. The lowest BCUT2D eigenvalue weighted by atomic mass is 10.1. The fourth-order valence-electron chi connectivity index (χ4n) is 1.77. The van der Waals surface area contributed by atoms with Crippen molar-refractivity contribution in [1.29, 1.82) is 0 Å². The number of H-pyrrole nitrogens is 2. The topological polar surface area (TPSA) is 44.5 Å². The summed E-state index contributed by atoms with van der Waals surface area (Å²) in [6, 6.07) is 12.3. The van der Waals surface area contributed by atoms with Crippen LogP contribution in [0.2, 0.25) is 0 Å². The second-order valence-electron chi connectivity index (χ2n) is 3.60. The summed E-state index contributed by atoms with van der Waals surface area (Å²) in [5.74, 6) is 0.897. The predicted octanol–water partition coefficient (Wildman–Crippen LogP) is 3.07. The maximum atomic E-state index is 4.24. The average molecular weight is 209 g/mol. The van der Waals surface area contributed by atoms with Gasteiger partial charge in [-0.15, -0.1) is 0 Å². The molecular formula is C13H11N3. The molecular weight excluding hydrogens is 198 g/mol. The number of aromatic amines is 2. The van der Waals surface area contributed by atoms with Crippen LogP contribution in [0, 0.1) is 0 Å². The first kappa shape index (κ1) is 8.97. The molecule has 0 aliphatic rings. The number of aromatic nitrogens is 3. The Balaban J connectivity index is 2.07. The minimum atomic E-state index is 0.897. The predicted molar refractivity (Wildman–Crippen MR) is 63.8 cm³/mol. The van der Waals surface area contributed by atoms with E-state index in [0.717, 1.165) is 17.1 Å². The van der Waals surface area contributed by atoms with Crippen molar-refractivity contribution in [3.8, 4) is 22.6 Å². The molecule has 3 nitrogen and oxygen atoms in total. The highest BCUT2D eigenvalue weighted by molar-refractivity contribution is 5.67. The van der Waals surface area contributed by atoms with E-state index in [2.05, 4.69) is 33.2 Å². The summed E-state index contributed by atoms with van der Waals surface area (Å²) in [6.45, 7) is 0. The Kier molecular flexibility index (Phi) is 2.07. The highest BCUT2D eigenvalue weighted by atomic mass is 14.9. The summed E-state index contributed by atoms with van der Waals surface area (Å²) >= 11 is 0. The zero-order valence-corrected chi connectivity index (χ0v) is 8.64. The Hall–Kier alpha value is -2.29. The van der Waals surface area contributed by atoms with E-state index in [-0.39, 0.29) is 0 Å². The maximum absolute atomic E-state index is 4.24. The van der Waals surface area contributed by atoms with E-state index in [4.69, 9.17) is 0 Å². The Morgan fingerprint density at radius 1 is 0.875 bits per heavy atom. The quantitative estimate of drug-likeness (QED) is 0.669. The van der Waals surface area contributed by atoms with Crippen molar-refractivity contribution in [2.24, 2.45) is 0 Å². The third kappa shape index (κ3) is 1.52. The SMILES string of the molecule is c1cc(-c2ccc[nH]2)cc(-c2ncc[nH]2)c1. The normalized spacial score (nSPS) is 10.5. The number of imidazole rings is 1. The number of hydrogen-bond acceptors (Lipinski definition) is 1. The molecule has 2 N–H and O–H groups in total. The van der Waals surface area contributed by atoms with Crippen LogP contribution in [-0.4, -0.2) is 15.0 Å². The van der Waals surface area contributed by atoms with Crippen molar-refractivity contribution in [2.45, 2.75) is 0 Å². The van der Waals surface area contributed by atoms with Crippen molar-refractivity contribution < 1.29 is 0 Å². The lowest BCUT2D eigenvalue weighted by Crippen LogP contribution is -1.82. The van der Waals surface area contributed by atoms with Crippen LogP contribution in [0.1, 0.15) is 0 Å². The van der Waals surface area contributed by atoms with E-state index in [1.807, 2.05) is 30.6 Å². The van der Waals surface area contributed by atoms with Gasteiger partial charge in [0.1, 0.15) is 5.82 Å². The van der Waals surface area contributed by atoms with Crippen LogP contribution >= 0.6 is 0 Å². The van der Waals surface area contributed by atoms with Gasteiger partial charge < -0.3 is 9.97 Å². The third-order valence-corrected chi connectivity index (χ3v) is 2.54. The Labute approximate surface area is 93.2 Å². The molecule has 2 heterocycles. The fraction of sp³-hybridized carbons (Fsp3) is 0. The van der Waals surface area contributed by atoms with Gasteiger partial charge in [0.25, 0.3) is 0 Å². The largest absolute Gasteiger partial charge is 0.361 e. The van der Waals surface area contributed by atoms with Gasteiger partial charge in [0.05, 0.1) is 0 Å². The molecule has 0 saturated carbocycles. The summed E-state index contributed by atoms with van der Waals surface area (Å²) < 4.78 is 0. The Bertz CT molecular complexity index is 516. The molecule has 0 bridgehead atoms. The van der Waals surface area contributed by atoms with Crippen LogP contribution < -0.4 is 0 Å². The van der Waals surface area contributed by atoms with Crippen molar-refractivity contribution in [3.63, 3.8) is 0 Å². The average Bonchev–Trinajstić information content (AvgIpc) is 3.03. The van der Waals surface area contributed by atoms with Gasteiger partial charge in [-0.25, -0.2) is 4.98 Å². The second-order valence-corrected chi connectivity index (χ2v) is 3.60. The molecule has 0 amide bonds. The highest BCUT2D eigenvalue weighted by Crippen LogP contribution is 2.22. The van der Waals surface area contributed by atoms with E-state index in [0.29, 0.717) is 0 Å². The van der Waals surface area contributed by atoms with Crippen molar-refractivity contribution in [2.75, 3.05) is 0 Å². The zero-order valence-electron chi connectivity index (χ0n) is 8.64. The Morgan fingerprint density at radius 3 is 2.56 bits per heavy atom. The van der Waals surface area contributed by atoms with Gasteiger partial charge in [0.2, 0.25) is 0 Å². The molecule has 0 unspecified atom stereocenters. The summed E-state index contributed by atoms with van der Waals surface area (Å²) in [5, 5.41) is 0. The summed E-state index contributed by atoms with van der Waals surface area (Å²) in [7, 11) is 0. The number of nitrogens with zero attached hydrogens (tertiary/aromatic N) is 1. The molecule has 0 aliphatic heterocycles. The molecule has 2 aromatic heterocycles. The Morgan fingerprint density at radius 2 is 1.81 bits per heavy atom. The molecule has 0 aliphatic carbocycles. The molecule has 0 spiro atoms. The molecule has 3 aromatic rings. The zero-order chi connectivity index (χ0) is 10.8. The number of benzene rings is 1. The number of nitrogens with one attached hydrogen (secondary N) is 2. The summed E-state index contributed by atoms with van der Waals surface area (Å²) in [4.78, 5) is 10.5. The third-order valence-electron chi connectivity index (χ3n) is 2.54. The van der Waals surface area contributed by atoms with Gasteiger partial charge in [-0.1, -0.05) is 18.2 Å². The standard InChI is InChI=1S/C13H11N3/c1-3-10(12-5-2-6-14-12)9-11(4-1)13-15-7-8-16-13/h1-9,14H,(H,15,16). The molecule has 78 valence electrons. The first-order valence-corrected chi connectivity index (χ1v) is 5.17. The summed E-state index contributed by atoms with van der Waals surface area (Å²) in [6.07, 6.45) is 5.52. The van der Waals surface area contributed by atoms with Gasteiger partial charge in [-0.3, -0.25) is 0 Å². The molecule has 1 aromatic carbocycles. The minimum Gasteiger partial charge on any atom is -0.361 e. The monoisotopic (exact) mass is 209 g/mol. The lowest BCUT2D eigenvalue weighted by molar-refractivity contribution is 1.31. The van der Waals surface area contributed by atoms with Crippen LogP contribution in [0.15, 0.2) is 55.0 Å². The second kappa shape index (κ2) is 3.70. The minimum absolute atomic E-state index is 0.897. The van der Waals surface area contributed by atoms with Gasteiger partial charge in [0, 0.05) is 29.8 Å². The molecule has 0 saturated heterocycles. The smallest absolute Gasteiger partial charge is 0.137 e. The molecule has 3 heteroatoms. The first-order chi connectivity index (χ1) is 7.93. The summed E-state index contributed by atoms with van der Waals surface area (Å²) in [5.41, 5.74) is 3.38. The van der Waals surface area contributed by atoms with Gasteiger partial charge in [-0.2, -0.15) is 0 Å². The molecule has 3 rings (SSSR count). The lowest BCUT2D eigenvalue weighted by Gasteiger charge is -2.01. The fourth-order valence-corrected chi connectivity index (χ4v) is 1.77. The van der Waals surface area contributed by atoms with Gasteiger partial charge in [-0.05, 0) is 23.8 Å². The van der Waals surface area contributed by atoms with E-state index in [1.54, 1.807) is 6.20 Å². The van der Waals surface area contributed by atoms with Gasteiger partial charge >= 0.3 is 0 Å². The molecule has 16 heavy (non-hydrogen) atoms. The van der Waals surface area contributed by atoms with Crippen LogP contribution in [-0.2, 0) is 0 Å². The number of hydrogen-bond donors (Lipinski definition) is 2. The van der Waals surface area contributed by atoms with E-state index < -0.39 is 0 Å². The van der Waals surface area contributed by atoms with E-state index >= 15 is 0 Å². The van der Waals surface area contributed by atoms with E-state index in [9.17, 15) is 0 Å². The van der Waals surface area contributed by atoms with E-state index in [1.165, 1.54) is 5.56 Å². The molecule has 0 atom stereocenters. The highest BCUT2D eigenvalue weighted by Gasteiger charge is 2.02. The van der Waals surface area contributed by atoms with Gasteiger partial charge in [0.15, 0.2) is 0 Å². The molecule has 0 fully saturated rings. The maximum Gasteiger partial charge on any atom is 0.137 e. The molecule has 0 radical (unpaired) electrons. The van der Waals surface area contributed by atoms with Crippen molar-refractivity contribution >= 4 is 0 Å². The van der Waals surface area contributed by atoms with Crippen LogP contribution in [0.4, 0.5) is 0 Å².